The lowest BCUT2D eigenvalue weighted by atomic mass is 10.1. The Morgan fingerprint density at radius 2 is 2.11 bits per heavy atom. The van der Waals surface area contributed by atoms with Crippen LogP contribution in [0.5, 0.6) is 0 Å². The maximum absolute atomic E-state index is 5.72. The Morgan fingerprint density at radius 3 is 2.84 bits per heavy atom. The fourth-order valence-electron chi connectivity index (χ4n) is 2.27. The molecule has 4 nitrogen and oxygen atoms in total. The Morgan fingerprint density at radius 1 is 1.26 bits per heavy atom. The molecule has 2 aromatic rings. The van der Waals surface area contributed by atoms with Crippen LogP contribution in [-0.4, -0.2) is 27.5 Å². The number of rotatable bonds is 3. The first-order chi connectivity index (χ1) is 9.31. The van der Waals surface area contributed by atoms with Crippen LogP contribution >= 0.6 is 22.6 Å². The second-order valence-electron chi connectivity index (χ2n) is 4.79. The number of hydrogen-bond acceptors (Lipinski definition) is 3. The molecule has 0 radical (unpaired) electrons. The van der Waals surface area contributed by atoms with Gasteiger partial charge in [-0.3, -0.25) is 0 Å². The van der Waals surface area contributed by atoms with E-state index in [1.807, 2.05) is 4.68 Å². The molecule has 1 aromatic heterocycles. The SMILES string of the molecule is Ic1ccc(-c2ncn(CC3CCCCO3)n2)cc1. The fraction of sp³-hybridized carbons (Fsp3) is 0.429. The van der Waals surface area contributed by atoms with Crippen LogP contribution in [0.3, 0.4) is 0 Å². The van der Waals surface area contributed by atoms with Crippen molar-refractivity contribution in [3.63, 3.8) is 0 Å². The van der Waals surface area contributed by atoms with Gasteiger partial charge in [-0.1, -0.05) is 12.1 Å². The number of hydrogen-bond donors (Lipinski definition) is 0. The fourth-order valence-corrected chi connectivity index (χ4v) is 2.63. The molecule has 1 aliphatic heterocycles. The van der Waals surface area contributed by atoms with E-state index in [0.29, 0.717) is 6.10 Å². The summed E-state index contributed by atoms with van der Waals surface area (Å²) in [5.74, 6) is 0.784. The van der Waals surface area contributed by atoms with Crippen LogP contribution in [0, 0.1) is 3.57 Å². The highest BCUT2D eigenvalue weighted by Gasteiger charge is 2.15. The predicted molar refractivity (Wildman–Crippen MR) is 81.8 cm³/mol. The van der Waals surface area contributed by atoms with Gasteiger partial charge in [-0.25, -0.2) is 9.67 Å². The molecule has 19 heavy (non-hydrogen) atoms. The van der Waals surface area contributed by atoms with Crippen LogP contribution in [0.25, 0.3) is 11.4 Å². The lowest BCUT2D eigenvalue weighted by Crippen LogP contribution is -2.24. The zero-order valence-corrected chi connectivity index (χ0v) is 12.8. The summed E-state index contributed by atoms with van der Waals surface area (Å²) in [5, 5.41) is 4.53. The van der Waals surface area contributed by atoms with E-state index in [1.54, 1.807) is 6.33 Å². The van der Waals surface area contributed by atoms with Gasteiger partial charge in [-0.2, -0.15) is 5.10 Å². The maximum Gasteiger partial charge on any atom is 0.181 e. The van der Waals surface area contributed by atoms with Crippen LogP contribution in [0.4, 0.5) is 0 Å². The number of aromatic nitrogens is 3. The minimum atomic E-state index is 0.292. The molecule has 0 N–H and O–H groups in total. The summed E-state index contributed by atoms with van der Waals surface area (Å²) in [5.41, 5.74) is 1.06. The predicted octanol–water partition coefficient (Wildman–Crippen LogP) is 3.12. The first-order valence-corrected chi connectivity index (χ1v) is 7.66. The minimum absolute atomic E-state index is 0.292. The Bertz CT molecular complexity index is 532. The molecule has 1 saturated heterocycles. The summed E-state index contributed by atoms with van der Waals surface area (Å²) in [6.07, 6.45) is 5.65. The summed E-state index contributed by atoms with van der Waals surface area (Å²) >= 11 is 2.30. The highest BCUT2D eigenvalue weighted by atomic mass is 127. The molecule has 5 heteroatoms. The van der Waals surface area contributed by atoms with Crippen LogP contribution in [-0.2, 0) is 11.3 Å². The van der Waals surface area contributed by atoms with E-state index in [1.165, 1.54) is 16.4 Å². The molecule has 3 rings (SSSR count). The molecule has 0 spiro atoms. The van der Waals surface area contributed by atoms with E-state index in [4.69, 9.17) is 4.74 Å². The molecule has 1 fully saturated rings. The molecular weight excluding hydrogens is 353 g/mol. The van der Waals surface area contributed by atoms with Gasteiger partial charge in [0.1, 0.15) is 6.33 Å². The summed E-state index contributed by atoms with van der Waals surface area (Å²) in [4.78, 5) is 4.38. The third kappa shape index (κ3) is 3.33. The Labute approximate surface area is 126 Å². The van der Waals surface area contributed by atoms with Crippen molar-refractivity contribution in [1.29, 1.82) is 0 Å². The molecular formula is C14H16IN3O. The molecule has 2 heterocycles. The topological polar surface area (TPSA) is 39.9 Å². The number of ether oxygens (including phenoxy) is 1. The van der Waals surface area contributed by atoms with Crippen LogP contribution in [0.1, 0.15) is 19.3 Å². The largest absolute Gasteiger partial charge is 0.376 e. The summed E-state index contributed by atoms with van der Waals surface area (Å²) in [7, 11) is 0. The first kappa shape index (κ1) is 13.1. The normalized spacial score (nSPS) is 19.5. The van der Waals surface area contributed by atoms with Gasteiger partial charge >= 0.3 is 0 Å². The summed E-state index contributed by atoms with van der Waals surface area (Å²) in [6, 6.07) is 8.25. The zero-order valence-electron chi connectivity index (χ0n) is 10.6. The van der Waals surface area contributed by atoms with E-state index >= 15 is 0 Å². The Hall–Kier alpha value is -0.950. The van der Waals surface area contributed by atoms with Gasteiger partial charge < -0.3 is 4.74 Å². The van der Waals surface area contributed by atoms with Crippen LogP contribution < -0.4 is 0 Å². The lowest BCUT2D eigenvalue weighted by Gasteiger charge is -2.21. The van der Waals surface area contributed by atoms with Gasteiger partial charge in [0.15, 0.2) is 5.82 Å². The third-order valence-corrected chi connectivity index (χ3v) is 4.02. The van der Waals surface area contributed by atoms with Gasteiger partial charge in [-0.05, 0) is 54.0 Å². The number of halogens is 1. The standard InChI is InChI=1S/C14H16IN3O/c15-12-6-4-11(5-7-12)14-16-10-18(17-14)9-13-3-1-2-8-19-13/h4-7,10,13H,1-3,8-9H2. The van der Waals surface area contributed by atoms with Crippen molar-refractivity contribution in [3.05, 3.63) is 34.2 Å². The van der Waals surface area contributed by atoms with Crippen LogP contribution in [0.15, 0.2) is 30.6 Å². The van der Waals surface area contributed by atoms with Crippen molar-refractivity contribution in [2.24, 2.45) is 0 Å². The van der Waals surface area contributed by atoms with Crippen molar-refractivity contribution in [3.8, 4) is 11.4 Å². The van der Waals surface area contributed by atoms with E-state index in [2.05, 4.69) is 56.9 Å². The Balaban J connectivity index is 1.70. The van der Waals surface area contributed by atoms with Gasteiger partial charge in [0.2, 0.25) is 0 Å². The summed E-state index contributed by atoms with van der Waals surface area (Å²) < 4.78 is 8.83. The number of nitrogens with zero attached hydrogens (tertiary/aromatic N) is 3. The molecule has 1 atom stereocenters. The van der Waals surface area contributed by atoms with Gasteiger partial charge in [-0.15, -0.1) is 0 Å². The zero-order chi connectivity index (χ0) is 13.1. The highest BCUT2D eigenvalue weighted by molar-refractivity contribution is 14.1. The molecule has 1 aliphatic rings. The highest BCUT2D eigenvalue weighted by Crippen LogP contribution is 2.17. The lowest BCUT2D eigenvalue weighted by molar-refractivity contribution is 0.00397. The van der Waals surface area contributed by atoms with E-state index in [9.17, 15) is 0 Å². The monoisotopic (exact) mass is 369 g/mol. The average Bonchev–Trinajstić information content (AvgIpc) is 2.89. The van der Waals surface area contributed by atoms with Gasteiger partial charge in [0.05, 0.1) is 12.6 Å². The minimum Gasteiger partial charge on any atom is -0.376 e. The Kier molecular flexibility index (Phi) is 4.12. The van der Waals surface area contributed by atoms with Gasteiger partial charge in [0, 0.05) is 15.7 Å². The van der Waals surface area contributed by atoms with Crippen molar-refractivity contribution in [2.75, 3.05) is 6.61 Å². The molecule has 0 aliphatic carbocycles. The molecule has 100 valence electrons. The third-order valence-electron chi connectivity index (χ3n) is 3.30. The smallest absolute Gasteiger partial charge is 0.181 e. The van der Waals surface area contributed by atoms with E-state index < -0.39 is 0 Å². The molecule has 1 unspecified atom stereocenters. The van der Waals surface area contributed by atoms with E-state index in [0.717, 1.165) is 31.0 Å². The molecule has 0 bridgehead atoms. The van der Waals surface area contributed by atoms with Crippen LogP contribution in [0.2, 0.25) is 0 Å². The van der Waals surface area contributed by atoms with Crippen molar-refractivity contribution < 1.29 is 4.74 Å². The number of benzene rings is 1. The quantitative estimate of drug-likeness (QED) is 0.781. The second kappa shape index (κ2) is 6.00. The van der Waals surface area contributed by atoms with Crippen molar-refractivity contribution in [1.82, 2.24) is 14.8 Å². The van der Waals surface area contributed by atoms with Gasteiger partial charge in [0.25, 0.3) is 0 Å². The second-order valence-corrected chi connectivity index (χ2v) is 6.03. The van der Waals surface area contributed by atoms with Crippen molar-refractivity contribution >= 4 is 22.6 Å². The molecule has 1 aromatic carbocycles. The average molecular weight is 369 g/mol. The first-order valence-electron chi connectivity index (χ1n) is 6.58. The van der Waals surface area contributed by atoms with Crippen molar-refractivity contribution in [2.45, 2.75) is 31.9 Å². The molecule has 0 amide bonds. The summed E-state index contributed by atoms with van der Waals surface area (Å²) in [6.45, 7) is 1.68. The maximum atomic E-state index is 5.72. The molecule has 0 saturated carbocycles. The van der Waals surface area contributed by atoms with E-state index in [-0.39, 0.29) is 0 Å².